The third kappa shape index (κ3) is 4.42. The number of nitrogens with one attached hydrogen (secondary N) is 1. The zero-order chi connectivity index (χ0) is 24.4. The fourth-order valence-electron chi connectivity index (χ4n) is 4.28. The lowest BCUT2D eigenvalue weighted by Crippen LogP contribution is -2.28. The monoisotopic (exact) mass is 461 g/mol. The number of nitrogens with zero attached hydrogens (tertiary/aromatic N) is 2. The number of aromatic nitrogens is 2. The first-order valence-electron chi connectivity index (χ1n) is 11.7. The van der Waals surface area contributed by atoms with Crippen molar-refractivity contribution in [1.29, 1.82) is 0 Å². The maximum Gasteiger partial charge on any atom is 0.226 e. The average molecular weight is 462 g/mol. The molecule has 2 aromatic carbocycles. The number of benzene rings is 2. The number of carbonyl (C=O) groups excluding carboxylic acids is 2. The molecule has 1 aromatic heterocycles. The molecule has 3 aromatic rings. The van der Waals surface area contributed by atoms with E-state index in [9.17, 15) is 9.59 Å². The number of unbranched alkanes of at least 4 members (excludes halogenated alkanes) is 1. The summed E-state index contributed by atoms with van der Waals surface area (Å²) in [5, 5.41) is 7.63. The molecule has 1 aliphatic rings. The van der Waals surface area contributed by atoms with Gasteiger partial charge in [0.25, 0.3) is 0 Å². The van der Waals surface area contributed by atoms with E-state index in [1.165, 1.54) is 5.56 Å². The molecule has 7 nitrogen and oxygen atoms in total. The number of aryl methyl sites for hydroxylation is 3. The largest absolute Gasteiger partial charge is 0.493 e. The van der Waals surface area contributed by atoms with Crippen LogP contribution in [0.2, 0.25) is 0 Å². The molecule has 34 heavy (non-hydrogen) atoms. The van der Waals surface area contributed by atoms with Crippen LogP contribution >= 0.6 is 0 Å². The molecule has 0 radical (unpaired) electrons. The van der Waals surface area contributed by atoms with Gasteiger partial charge in [0.1, 0.15) is 5.82 Å². The standard InChI is InChI=1S/C27H31N3O4/c1-6-7-12-34-22-11-9-19(14-23(22)33-5)26(32)21-15-24(31)28-27-25(21)18(4)29-30(27)20-10-8-16(2)17(3)13-20/h8-11,13-14,21H,6-7,12,15H2,1-5H3,(H,28,31)/t21-/m0/s1. The molecule has 0 saturated heterocycles. The van der Waals surface area contributed by atoms with Crippen molar-refractivity contribution in [2.45, 2.75) is 52.9 Å². The highest BCUT2D eigenvalue weighted by atomic mass is 16.5. The van der Waals surface area contributed by atoms with Gasteiger partial charge in [-0.2, -0.15) is 5.10 Å². The first kappa shape index (κ1) is 23.5. The number of amides is 1. The van der Waals surface area contributed by atoms with Crippen LogP contribution in [0.25, 0.3) is 5.69 Å². The normalized spacial score (nSPS) is 15.0. The van der Waals surface area contributed by atoms with Gasteiger partial charge < -0.3 is 14.8 Å². The van der Waals surface area contributed by atoms with E-state index < -0.39 is 5.92 Å². The van der Waals surface area contributed by atoms with E-state index >= 15 is 0 Å². The lowest BCUT2D eigenvalue weighted by Gasteiger charge is -2.23. The van der Waals surface area contributed by atoms with Gasteiger partial charge in [-0.1, -0.05) is 19.4 Å². The van der Waals surface area contributed by atoms with E-state index in [1.807, 2.05) is 39.0 Å². The summed E-state index contributed by atoms with van der Waals surface area (Å²) in [7, 11) is 1.56. The number of Topliss-reactive ketones (excluding diaryl/α,β-unsaturated/α-hetero) is 1. The maximum atomic E-state index is 13.6. The Kier molecular flexibility index (Phi) is 6.72. The molecule has 1 N–H and O–H groups in total. The van der Waals surface area contributed by atoms with Gasteiger partial charge in [-0.3, -0.25) is 9.59 Å². The van der Waals surface area contributed by atoms with Gasteiger partial charge in [0, 0.05) is 17.5 Å². The summed E-state index contributed by atoms with van der Waals surface area (Å²) in [6, 6.07) is 11.2. The Morgan fingerprint density at radius 2 is 1.91 bits per heavy atom. The maximum absolute atomic E-state index is 13.6. The number of anilines is 1. The lowest BCUT2D eigenvalue weighted by molar-refractivity contribution is -0.116. The quantitative estimate of drug-likeness (QED) is 0.364. The minimum absolute atomic E-state index is 0.0718. The van der Waals surface area contributed by atoms with E-state index in [0.717, 1.165) is 35.3 Å². The Balaban J connectivity index is 1.70. The number of fused-ring (bicyclic) bond motifs is 1. The second kappa shape index (κ2) is 9.71. The Hall–Kier alpha value is -3.61. The van der Waals surface area contributed by atoms with Gasteiger partial charge >= 0.3 is 0 Å². The molecule has 0 aliphatic carbocycles. The molecule has 0 spiro atoms. The summed E-state index contributed by atoms with van der Waals surface area (Å²) >= 11 is 0. The number of carbonyl (C=O) groups is 2. The minimum Gasteiger partial charge on any atom is -0.493 e. The van der Waals surface area contributed by atoms with Crippen LogP contribution in [-0.4, -0.2) is 35.2 Å². The summed E-state index contributed by atoms with van der Waals surface area (Å²) in [6.07, 6.45) is 2.04. The molecule has 178 valence electrons. The van der Waals surface area contributed by atoms with Crippen molar-refractivity contribution < 1.29 is 19.1 Å². The second-order valence-corrected chi connectivity index (χ2v) is 8.76. The van der Waals surface area contributed by atoms with Crippen molar-refractivity contribution in [2.75, 3.05) is 19.0 Å². The first-order chi connectivity index (χ1) is 16.3. The molecule has 1 amide bonds. The third-order valence-electron chi connectivity index (χ3n) is 6.36. The molecule has 0 unspecified atom stereocenters. The van der Waals surface area contributed by atoms with Crippen LogP contribution in [0, 0.1) is 20.8 Å². The molecule has 0 bridgehead atoms. The smallest absolute Gasteiger partial charge is 0.226 e. The van der Waals surface area contributed by atoms with Gasteiger partial charge in [-0.15, -0.1) is 0 Å². The SMILES string of the molecule is CCCCOc1ccc(C(=O)[C@H]2CC(=O)Nc3c2c(C)nn3-c2ccc(C)c(C)c2)cc1OC. The number of ketones is 1. The van der Waals surface area contributed by atoms with Crippen LogP contribution in [-0.2, 0) is 4.79 Å². The fraction of sp³-hybridized carbons (Fsp3) is 0.370. The number of methoxy groups -OCH3 is 1. The molecular weight excluding hydrogens is 430 g/mol. The summed E-state index contributed by atoms with van der Waals surface area (Å²) in [4.78, 5) is 26.3. The number of hydrogen-bond acceptors (Lipinski definition) is 5. The highest BCUT2D eigenvalue weighted by Crippen LogP contribution is 2.39. The van der Waals surface area contributed by atoms with Gasteiger partial charge in [0.05, 0.1) is 31.0 Å². The number of hydrogen-bond donors (Lipinski definition) is 1. The number of ether oxygens (including phenoxy) is 2. The van der Waals surface area contributed by atoms with Gasteiger partial charge in [-0.25, -0.2) is 4.68 Å². The molecule has 7 heteroatoms. The van der Waals surface area contributed by atoms with Crippen molar-refractivity contribution in [3.05, 3.63) is 64.3 Å². The van der Waals surface area contributed by atoms with Crippen LogP contribution < -0.4 is 14.8 Å². The van der Waals surface area contributed by atoms with Crippen LogP contribution in [0.15, 0.2) is 36.4 Å². The van der Waals surface area contributed by atoms with Gasteiger partial charge in [0.2, 0.25) is 5.91 Å². The summed E-state index contributed by atoms with van der Waals surface area (Å²) < 4.78 is 13.0. The molecule has 0 fully saturated rings. The molecule has 0 saturated carbocycles. The molecule has 4 rings (SSSR count). The van der Waals surface area contributed by atoms with Gasteiger partial charge in [0.15, 0.2) is 17.3 Å². The first-order valence-corrected chi connectivity index (χ1v) is 11.7. The molecule has 1 atom stereocenters. The summed E-state index contributed by atoms with van der Waals surface area (Å²) in [5.74, 6) is 0.695. The van der Waals surface area contributed by atoms with Crippen molar-refractivity contribution in [3.63, 3.8) is 0 Å². The van der Waals surface area contributed by atoms with Gasteiger partial charge in [-0.05, 0) is 68.7 Å². The zero-order valence-electron chi connectivity index (χ0n) is 20.4. The molecule has 1 aliphatic heterocycles. The number of rotatable bonds is 8. The van der Waals surface area contributed by atoms with Crippen LogP contribution in [0.4, 0.5) is 5.82 Å². The third-order valence-corrected chi connectivity index (χ3v) is 6.36. The Bertz CT molecular complexity index is 1240. The van der Waals surface area contributed by atoms with Crippen LogP contribution in [0.1, 0.15) is 64.8 Å². The average Bonchev–Trinajstić information content (AvgIpc) is 3.16. The highest BCUT2D eigenvalue weighted by molar-refractivity contribution is 6.08. The topological polar surface area (TPSA) is 82.5 Å². The predicted octanol–water partition coefficient (Wildman–Crippen LogP) is 5.29. The van der Waals surface area contributed by atoms with E-state index in [1.54, 1.807) is 30.0 Å². The zero-order valence-corrected chi connectivity index (χ0v) is 20.4. The van der Waals surface area contributed by atoms with Crippen molar-refractivity contribution >= 4 is 17.5 Å². The summed E-state index contributed by atoms with van der Waals surface area (Å²) in [6.45, 7) is 8.65. The van der Waals surface area contributed by atoms with Crippen molar-refractivity contribution in [3.8, 4) is 17.2 Å². The molecular formula is C27H31N3O4. The Morgan fingerprint density at radius 1 is 1.12 bits per heavy atom. The highest BCUT2D eigenvalue weighted by Gasteiger charge is 2.36. The van der Waals surface area contributed by atoms with E-state index in [2.05, 4.69) is 17.3 Å². The summed E-state index contributed by atoms with van der Waals surface area (Å²) in [5.41, 5.74) is 5.10. The predicted molar refractivity (Wildman–Crippen MR) is 131 cm³/mol. The Morgan fingerprint density at radius 3 is 2.62 bits per heavy atom. The molecule has 2 heterocycles. The van der Waals surface area contributed by atoms with Crippen LogP contribution in [0.3, 0.4) is 0 Å². The lowest BCUT2D eigenvalue weighted by atomic mass is 9.85. The van der Waals surface area contributed by atoms with Crippen LogP contribution in [0.5, 0.6) is 11.5 Å². The Labute approximate surface area is 200 Å². The van der Waals surface area contributed by atoms with Crippen molar-refractivity contribution in [2.24, 2.45) is 0 Å². The second-order valence-electron chi connectivity index (χ2n) is 8.76. The van der Waals surface area contributed by atoms with E-state index in [0.29, 0.717) is 29.5 Å². The fourth-order valence-corrected chi connectivity index (χ4v) is 4.28. The van der Waals surface area contributed by atoms with E-state index in [4.69, 9.17) is 9.47 Å². The van der Waals surface area contributed by atoms with E-state index in [-0.39, 0.29) is 18.1 Å². The van der Waals surface area contributed by atoms with Crippen molar-refractivity contribution in [1.82, 2.24) is 9.78 Å². The minimum atomic E-state index is -0.624.